The number of amides is 1. The van der Waals surface area contributed by atoms with Gasteiger partial charge in [-0.05, 0) is 41.5 Å². The van der Waals surface area contributed by atoms with Gasteiger partial charge in [0.25, 0.3) is 11.7 Å². The Morgan fingerprint density at radius 1 is 1.03 bits per heavy atom. The minimum absolute atomic E-state index is 0.0482. The fourth-order valence-corrected chi connectivity index (χ4v) is 3.92. The van der Waals surface area contributed by atoms with E-state index in [2.05, 4.69) is 4.98 Å². The maximum Gasteiger partial charge on any atom is 0.337 e. The van der Waals surface area contributed by atoms with E-state index in [1.165, 1.54) is 19.1 Å². The smallest absolute Gasteiger partial charge is 0.337 e. The molecule has 0 spiro atoms. The van der Waals surface area contributed by atoms with E-state index >= 15 is 0 Å². The second kappa shape index (κ2) is 9.58. The highest BCUT2D eigenvalue weighted by Gasteiger charge is 2.46. The predicted molar refractivity (Wildman–Crippen MR) is 123 cm³/mol. The molecule has 0 saturated carbocycles. The molecule has 3 aromatic rings. The van der Waals surface area contributed by atoms with Crippen molar-refractivity contribution in [3.63, 3.8) is 0 Å². The number of pyridine rings is 1. The predicted octanol–water partition coefficient (Wildman–Crippen LogP) is 3.50. The number of aliphatic hydroxyl groups excluding tert-OH is 1. The van der Waals surface area contributed by atoms with E-state index in [4.69, 9.17) is 9.47 Å². The van der Waals surface area contributed by atoms with Crippen molar-refractivity contribution < 1.29 is 29.0 Å². The van der Waals surface area contributed by atoms with Crippen molar-refractivity contribution in [1.82, 2.24) is 9.88 Å². The van der Waals surface area contributed by atoms with E-state index in [9.17, 15) is 19.5 Å². The topological polar surface area (TPSA) is 106 Å². The fraction of sp³-hybridized carbons (Fsp3) is 0.154. The van der Waals surface area contributed by atoms with Crippen molar-refractivity contribution in [3.8, 4) is 5.75 Å². The third-order valence-electron chi connectivity index (χ3n) is 5.61. The Morgan fingerprint density at radius 2 is 1.79 bits per heavy atom. The lowest BCUT2D eigenvalue weighted by Gasteiger charge is -2.25. The average Bonchev–Trinajstić information content (AvgIpc) is 3.13. The summed E-state index contributed by atoms with van der Waals surface area (Å²) in [5, 5.41) is 11.2. The molecule has 0 aliphatic carbocycles. The van der Waals surface area contributed by atoms with Gasteiger partial charge in [-0.3, -0.25) is 14.6 Å². The molecule has 172 valence electrons. The lowest BCUT2D eigenvalue weighted by molar-refractivity contribution is -0.140. The molecule has 1 atom stereocenters. The van der Waals surface area contributed by atoms with E-state index in [-0.39, 0.29) is 17.9 Å². The lowest BCUT2D eigenvalue weighted by Crippen LogP contribution is -2.29. The first-order chi connectivity index (χ1) is 16.4. The third kappa shape index (κ3) is 4.25. The maximum atomic E-state index is 13.2. The molecule has 0 bridgehead atoms. The number of likely N-dealkylation sites (tertiary alicyclic amines) is 1. The van der Waals surface area contributed by atoms with E-state index in [1.807, 2.05) is 0 Å². The number of nitrogens with zero attached hydrogens (tertiary/aromatic N) is 2. The highest BCUT2D eigenvalue weighted by molar-refractivity contribution is 6.46. The maximum absolute atomic E-state index is 13.2. The summed E-state index contributed by atoms with van der Waals surface area (Å²) in [4.78, 5) is 43.6. The highest BCUT2D eigenvalue weighted by Crippen LogP contribution is 2.40. The lowest BCUT2D eigenvalue weighted by atomic mass is 9.94. The molecule has 1 aliphatic heterocycles. The summed E-state index contributed by atoms with van der Waals surface area (Å²) in [7, 11) is 2.78. The molecule has 1 aliphatic rings. The number of hydrogen-bond donors (Lipinski definition) is 1. The third-order valence-corrected chi connectivity index (χ3v) is 5.61. The fourth-order valence-electron chi connectivity index (χ4n) is 3.92. The van der Waals surface area contributed by atoms with Gasteiger partial charge in [-0.2, -0.15) is 0 Å². The molecule has 1 aromatic heterocycles. The molecule has 2 heterocycles. The normalized spacial score (nSPS) is 17.0. The summed E-state index contributed by atoms with van der Waals surface area (Å²) >= 11 is 0. The zero-order valence-corrected chi connectivity index (χ0v) is 18.6. The van der Waals surface area contributed by atoms with Gasteiger partial charge in [-0.25, -0.2) is 4.79 Å². The standard InChI is InChI=1S/C26H22N2O6/c1-33-20-7-3-6-19(13-20)23(29)21-22(17-8-10-18(11-9-17)26(32)34-2)28(25(31)24(21)30)15-16-5-4-12-27-14-16/h3-14,22,29H,15H2,1-2H3/t22-/m0/s1. The van der Waals surface area contributed by atoms with E-state index in [0.29, 0.717) is 22.4 Å². The first-order valence-corrected chi connectivity index (χ1v) is 10.4. The van der Waals surface area contributed by atoms with E-state index < -0.39 is 23.7 Å². The number of carbonyl (C=O) groups excluding carboxylic acids is 3. The number of rotatable bonds is 6. The zero-order chi connectivity index (χ0) is 24.2. The van der Waals surface area contributed by atoms with Gasteiger partial charge in [0, 0.05) is 24.5 Å². The van der Waals surface area contributed by atoms with Crippen LogP contribution in [0.3, 0.4) is 0 Å². The van der Waals surface area contributed by atoms with Crippen LogP contribution in [0.15, 0.2) is 78.6 Å². The van der Waals surface area contributed by atoms with Crippen LogP contribution in [0.5, 0.6) is 5.75 Å². The first-order valence-electron chi connectivity index (χ1n) is 10.4. The first kappa shape index (κ1) is 22.7. The van der Waals surface area contributed by atoms with Gasteiger partial charge < -0.3 is 19.5 Å². The Balaban J connectivity index is 1.85. The molecule has 1 amide bonds. The second-order valence-corrected chi connectivity index (χ2v) is 7.63. The van der Waals surface area contributed by atoms with Crippen molar-refractivity contribution in [2.24, 2.45) is 0 Å². The van der Waals surface area contributed by atoms with Crippen LogP contribution in [0.4, 0.5) is 0 Å². The van der Waals surface area contributed by atoms with Gasteiger partial charge in [0.1, 0.15) is 11.5 Å². The number of hydrogen-bond acceptors (Lipinski definition) is 7. The van der Waals surface area contributed by atoms with Crippen LogP contribution in [-0.4, -0.2) is 46.9 Å². The van der Waals surface area contributed by atoms with Gasteiger partial charge in [0.05, 0.1) is 31.4 Å². The SMILES string of the molecule is COC(=O)c1ccc([C@H]2C(=C(O)c3cccc(OC)c3)C(=O)C(=O)N2Cc2cccnc2)cc1. The quantitative estimate of drug-likeness (QED) is 0.261. The number of aromatic nitrogens is 1. The van der Waals surface area contributed by atoms with Crippen LogP contribution in [0.2, 0.25) is 0 Å². The zero-order valence-electron chi connectivity index (χ0n) is 18.6. The largest absolute Gasteiger partial charge is 0.507 e. The van der Waals surface area contributed by atoms with Crippen LogP contribution >= 0.6 is 0 Å². The molecule has 2 aromatic carbocycles. The number of Topliss-reactive ketones (excluding diaryl/α,β-unsaturated/α-hetero) is 1. The number of ketones is 1. The van der Waals surface area contributed by atoms with Crippen LogP contribution in [0.1, 0.15) is 33.1 Å². The molecule has 8 nitrogen and oxygen atoms in total. The minimum Gasteiger partial charge on any atom is -0.507 e. The molecule has 1 saturated heterocycles. The number of benzene rings is 2. The van der Waals surface area contributed by atoms with Gasteiger partial charge in [-0.15, -0.1) is 0 Å². The summed E-state index contributed by atoms with van der Waals surface area (Å²) in [6.45, 7) is 0.108. The van der Waals surface area contributed by atoms with Crippen LogP contribution in [-0.2, 0) is 20.9 Å². The van der Waals surface area contributed by atoms with Crippen molar-refractivity contribution in [2.75, 3.05) is 14.2 Å². The molecular weight excluding hydrogens is 436 g/mol. The van der Waals surface area contributed by atoms with Crippen molar-refractivity contribution in [1.29, 1.82) is 0 Å². The Bertz CT molecular complexity index is 1270. The number of methoxy groups -OCH3 is 2. The second-order valence-electron chi connectivity index (χ2n) is 7.63. The summed E-state index contributed by atoms with van der Waals surface area (Å²) < 4.78 is 9.98. The molecular formula is C26H22N2O6. The summed E-state index contributed by atoms with van der Waals surface area (Å²) in [5.74, 6) is -1.87. The summed E-state index contributed by atoms with van der Waals surface area (Å²) in [6, 6.07) is 15.6. The number of carbonyl (C=O) groups is 3. The van der Waals surface area contributed by atoms with E-state index in [1.54, 1.807) is 73.1 Å². The Labute approximate surface area is 196 Å². The van der Waals surface area contributed by atoms with E-state index in [0.717, 1.165) is 5.56 Å². The van der Waals surface area contributed by atoms with Gasteiger partial charge in [0.15, 0.2) is 0 Å². The summed E-state index contributed by atoms with van der Waals surface area (Å²) in [6.07, 6.45) is 3.22. The molecule has 1 fully saturated rings. The highest BCUT2D eigenvalue weighted by atomic mass is 16.5. The average molecular weight is 458 g/mol. The minimum atomic E-state index is -0.877. The summed E-state index contributed by atoms with van der Waals surface area (Å²) in [5.41, 5.74) is 1.90. The van der Waals surface area contributed by atoms with Gasteiger partial charge >= 0.3 is 5.97 Å². The van der Waals surface area contributed by atoms with Crippen molar-refractivity contribution in [3.05, 3.63) is 101 Å². The van der Waals surface area contributed by atoms with Gasteiger partial charge in [-0.1, -0.05) is 30.3 Å². The number of esters is 1. The molecule has 34 heavy (non-hydrogen) atoms. The Kier molecular flexibility index (Phi) is 6.40. The van der Waals surface area contributed by atoms with Crippen molar-refractivity contribution in [2.45, 2.75) is 12.6 Å². The molecule has 0 unspecified atom stereocenters. The Morgan fingerprint density at radius 3 is 2.44 bits per heavy atom. The van der Waals surface area contributed by atoms with Crippen LogP contribution in [0.25, 0.3) is 5.76 Å². The van der Waals surface area contributed by atoms with Crippen LogP contribution < -0.4 is 4.74 Å². The number of ether oxygens (including phenoxy) is 2. The van der Waals surface area contributed by atoms with Crippen molar-refractivity contribution >= 4 is 23.4 Å². The Hall–Kier alpha value is -4.46. The molecule has 8 heteroatoms. The number of aliphatic hydroxyl groups is 1. The monoisotopic (exact) mass is 458 g/mol. The molecule has 0 radical (unpaired) electrons. The molecule has 1 N–H and O–H groups in total. The van der Waals surface area contributed by atoms with Gasteiger partial charge in [0.2, 0.25) is 0 Å². The molecule has 4 rings (SSSR count). The van der Waals surface area contributed by atoms with Crippen LogP contribution in [0, 0.1) is 0 Å².